The number of halogens is 1. The molecule has 0 radical (unpaired) electrons. The molecule has 2 aliphatic rings. The van der Waals surface area contributed by atoms with Crippen LogP contribution in [0.25, 0.3) is 5.57 Å². The fourth-order valence-electron chi connectivity index (χ4n) is 4.46. The molecule has 1 fully saturated rings. The lowest BCUT2D eigenvalue weighted by Gasteiger charge is -2.26. The van der Waals surface area contributed by atoms with Gasteiger partial charge in [0.15, 0.2) is 0 Å². The molecule has 1 aliphatic carbocycles. The molecule has 0 atom stereocenters. The molecule has 0 saturated heterocycles. The zero-order chi connectivity index (χ0) is 20.1. The molecule has 1 saturated carbocycles. The second-order valence-corrected chi connectivity index (χ2v) is 8.66. The van der Waals surface area contributed by atoms with Crippen molar-refractivity contribution in [2.45, 2.75) is 44.4 Å². The first-order valence-electron chi connectivity index (χ1n) is 10.7. The summed E-state index contributed by atoms with van der Waals surface area (Å²) < 4.78 is 0. The van der Waals surface area contributed by atoms with Crippen LogP contribution in [0.2, 0.25) is 5.02 Å². The lowest BCUT2D eigenvalue weighted by atomic mass is 9.84. The number of nitrogens with one attached hydrogen (secondary N) is 1. The number of benzene rings is 2. The summed E-state index contributed by atoms with van der Waals surface area (Å²) in [5, 5.41) is 3.81. The van der Waals surface area contributed by atoms with Gasteiger partial charge in [0.2, 0.25) is 5.91 Å². The number of anilines is 1. The Morgan fingerprint density at radius 3 is 2.38 bits per heavy atom. The fourth-order valence-corrected chi connectivity index (χ4v) is 4.59. The van der Waals surface area contributed by atoms with E-state index in [2.05, 4.69) is 52.7 Å². The Morgan fingerprint density at radius 2 is 1.72 bits per heavy atom. The van der Waals surface area contributed by atoms with Crippen molar-refractivity contribution in [2.75, 3.05) is 25.0 Å². The minimum absolute atomic E-state index is 0.0544. The first-order chi connectivity index (χ1) is 14.2. The number of hydrogen-bond acceptors (Lipinski definition) is 2. The van der Waals surface area contributed by atoms with Gasteiger partial charge in [-0.25, -0.2) is 0 Å². The van der Waals surface area contributed by atoms with Crippen LogP contribution in [0.15, 0.2) is 54.6 Å². The highest BCUT2D eigenvalue weighted by atomic mass is 35.5. The molecule has 3 nitrogen and oxygen atoms in total. The zero-order valence-electron chi connectivity index (χ0n) is 16.9. The number of carbonyl (C=O) groups excluding carboxylic acids is 1. The lowest BCUT2D eigenvalue weighted by molar-refractivity contribution is -0.117. The zero-order valence-corrected chi connectivity index (χ0v) is 17.6. The summed E-state index contributed by atoms with van der Waals surface area (Å²) in [7, 11) is 0. The molecule has 4 rings (SSSR count). The van der Waals surface area contributed by atoms with Gasteiger partial charge in [0, 0.05) is 23.8 Å². The van der Waals surface area contributed by atoms with Crippen LogP contribution in [0.1, 0.15) is 55.6 Å². The molecule has 1 aliphatic heterocycles. The van der Waals surface area contributed by atoms with E-state index in [1.807, 2.05) is 12.1 Å². The summed E-state index contributed by atoms with van der Waals surface area (Å²) in [6, 6.07) is 16.5. The Balaban J connectivity index is 1.27. The third-order valence-corrected chi connectivity index (χ3v) is 6.40. The maximum absolute atomic E-state index is 12.5. The van der Waals surface area contributed by atoms with Crippen LogP contribution in [-0.2, 0) is 4.79 Å². The first kappa shape index (κ1) is 20.2. The van der Waals surface area contributed by atoms with E-state index in [1.54, 1.807) is 0 Å². The Hall–Kier alpha value is -2.10. The molecule has 1 heterocycles. The van der Waals surface area contributed by atoms with E-state index in [9.17, 15) is 4.79 Å². The van der Waals surface area contributed by atoms with Crippen LogP contribution in [-0.4, -0.2) is 30.4 Å². The largest absolute Gasteiger partial charge is 0.325 e. The van der Waals surface area contributed by atoms with Crippen LogP contribution >= 0.6 is 11.6 Å². The second kappa shape index (κ2) is 9.60. The minimum atomic E-state index is 0.0544. The summed E-state index contributed by atoms with van der Waals surface area (Å²) in [6.45, 7) is 2.11. The monoisotopic (exact) mass is 408 g/mol. The third-order valence-electron chi connectivity index (χ3n) is 6.15. The Bertz CT molecular complexity index is 851. The highest BCUT2D eigenvalue weighted by Gasteiger charge is 2.17. The van der Waals surface area contributed by atoms with Crippen LogP contribution in [0.4, 0.5) is 5.69 Å². The van der Waals surface area contributed by atoms with E-state index in [4.69, 9.17) is 11.6 Å². The number of rotatable bonds is 5. The van der Waals surface area contributed by atoms with Gasteiger partial charge in [0.25, 0.3) is 0 Å². The third kappa shape index (κ3) is 5.49. The molecule has 0 unspecified atom stereocenters. The molecule has 2 aromatic rings. The topological polar surface area (TPSA) is 32.3 Å². The van der Waals surface area contributed by atoms with Gasteiger partial charge in [0.1, 0.15) is 0 Å². The van der Waals surface area contributed by atoms with E-state index in [1.165, 1.54) is 48.8 Å². The Morgan fingerprint density at radius 1 is 1.00 bits per heavy atom. The fraction of sp³-hybridized carbons (Fsp3) is 0.400. The summed E-state index contributed by atoms with van der Waals surface area (Å²) in [5.41, 5.74) is 4.86. The highest BCUT2D eigenvalue weighted by molar-refractivity contribution is 6.30. The second-order valence-electron chi connectivity index (χ2n) is 8.23. The standard InChI is InChI=1S/C25H29ClN2O/c26-23-10-6-20(7-11-23)22-14-16-28(17-15-22)18-25(29)27-24-12-8-21(9-13-24)19-4-2-1-3-5-19/h6-14,19H,1-5,15-18H2,(H,27,29). The van der Waals surface area contributed by atoms with Crippen LogP contribution in [0, 0.1) is 0 Å². The first-order valence-corrected chi connectivity index (χ1v) is 11.1. The molecule has 1 N–H and O–H groups in total. The minimum Gasteiger partial charge on any atom is -0.325 e. The number of hydrogen-bond donors (Lipinski definition) is 1. The number of nitrogens with zero attached hydrogens (tertiary/aromatic N) is 1. The quantitative estimate of drug-likeness (QED) is 0.646. The summed E-state index contributed by atoms with van der Waals surface area (Å²) in [5.74, 6) is 0.752. The number of amides is 1. The lowest BCUT2D eigenvalue weighted by Crippen LogP contribution is -2.36. The van der Waals surface area contributed by atoms with Gasteiger partial charge in [0.05, 0.1) is 6.54 Å². The molecule has 0 spiro atoms. The number of carbonyl (C=O) groups is 1. The summed E-state index contributed by atoms with van der Waals surface area (Å²) >= 11 is 5.97. The van der Waals surface area contributed by atoms with E-state index >= 15 is 0 Å². The van der Waals surface area contributed by atoms with E-state index < -0.39 is 0 Å². The van der Waals surface area contributed by atoms with E-state index in [0.717, 1.165) is 30.2 Å². The maximum Gasteiger partial charge on any atom is 0.238 e. The van der Waals surface area contributed by atoms with Gasteiger partial charge < -0.3 is 5.32 Å². The SMILES string of the molecule is O=C(CN1CC=C(c2ccc(Cl)cc2)CC1)Nc1ccc(C2CCCCC2)cc1. The van der Waals surface area contributed by atoms with Gasteiger partial charge in [-0.2, -0.15) is 0 Å². The average Bonchev–Trinajstić information content (AvgIpc) is 2.76. The van der Waals surface area contributed by atoms with Crippen molar-refractivity contribution in [2.24, 2.45) is 0 Å². The molecule has 4 heteroatoms. The molecule has 2 aromatic carbocycles. The van der Waals surface area contributed by atoms with Crippen molar-refractivity contribution in [3.05, 3.63) is 70.8 Å². The maximum atomic E-state index is 12.5. The van der Waals surface area contributed by atoms with Gasteiger partial charge in [-0.15, -0.1) is 0 Å². The normalized spacial score (nSPS) is 18.3. The predicted molar refractivity (Wildman–Crippen MR) is 121 cm³/mol. The van der Waals surface area contributed by atoms with Crippen molar-refractivity contribution < 1.29 is 4.79 Å². The summed E-state index contributed by atoms with van der Waals surface area (Å²) in [4.78, 5) is 14.7. The van der Waals surface area contributed by atoms with Gasteiger partial charge >= 0.3 is 0 Å². The average molecular weight is 409 g/mol. The molecule has 29 heavy (non-hydrogen) atoms. The smallest absolute Gasteiger partial charge is 0.238 e. The van der Waals surface area contributed by atoms with Gasteiger partial charge in [-0.3, -0.25) is 9.69 Å². The molecule has 0 bridgehead atoms. The highest BCUT2D eigenvalue weighted by Crippen LogP contribution is 2.33. The molecule has 1 amide bonds. The van der Waals surface area contributed by atoms with E-state index in [0.29, 0.717) is 12.5 Å². The van der Waals surface area contributed by atoms with Crippen molar-refractivity contribution in [3.8, 4) is 0 Å². The van der Waals surface area contributed by atoms with Crippen LogP contribution in [0.5, 0.6) is 0 Å². The summed E-state index contributed by atoms with van der Waals surface area (Å²) in [6.07, 6.45) is 9.82. The van der Waals surface area contributed by atoms with Crippen molar-refractivity contribution in [3.63, 3.8) is 0 Å². The Labute approximate surface area is 178 Å². The van der Waals surface area contributed by atoms with Crippen molar-refractivity contribution >= 4 is 28.8 Å². The molecule has 0 aromatic heterocycles. The van der Waals surface area contributed by atoms with Crippen LogP contribution in [0.3, 0.4) is 0 Å². The van der Waals surface area contributed by atoms with E-state index in [-0.39, 0.29) is 5.91 Å². The molecular formula is C25H29ClN2O. The Kier molecular flexibility index (Phi) is 6.68. The molecular weight excluding hydrogens is 380 g/mol. The predicted octanol–water partition coefficient (Wildman–Crippen LogP) is 6.12. The van der Waals surface area contributed by atoms with Gasteiger partial charge in [-0.05, 0) is 66.1 Å². The molecule has 152 valence electrons. The van der Waals surface area contributed by atoms with Crippen molar-refractivity contribution in [1.29, 1.82) is 0 Å². The van der Waals surface area contributed by atoms with Crippen molar-refractivity contribution in [1.82, 2.24) is 4.90 Å². The van der Waals surface area contributed by atoms with Crippen LogP contribution < -0.4 is 5.32 Å². The van der Waals surface area contributed by atoms with Gasteiger partial charge in [-0.1, -0.05) is 61.2 Å².